The number of nitriles is 1. The lowest BCUT2D eigenvalue weighted by atomic mass is 9.96. The van der Waals surface area contributed by atoms with E-state index in [0.717, 1.165) is 13.1 Å². The van der Waals surface area contributed by atoms with Gasteiger partial charge in [-0.25, -0.2) is 4.79 Å². The summed E-state index contributed by atoms with van der Waals surface area (Å²) in [5.74, 6) is 0. The van der Waals surface area contributed by atoms with Crippen molar-refractivity contribution >= 4 is 6.03 Å². The molecule has 0 aliphatic carbocycles. The van der Waals surface area contributed by atoms with E-state index in [1.807, 2.05) is 18.2 Å². The van der Waals surface area contributed by atoms with Crippen LogP contribution < -0.4 is 5.32 Å². The molecule has 0 unspecified atom stereocenters. The summed E-state index contributed by atoms with van der Waals surface area (Å²) in [5, 5.41) is 11.2. The molecule has 1 fully saturated rings. The number of piperazine rings is 1. The number of carbonyl (C=O) groups excluding carboxylic acids is 1. The van der Waals surface area contributed by atoms with Gasteiger partial charge in [-0.05, 0) is 11.1 Å². The van der Waals surface area contributed by atoms with E-state index < -0.39 is 0 Å². The molecule has 1 aliphatic heterocycles. The van der Waals surface area contributed by atoms with E-state index in [-0.39, 0.29) is 18.6 Å². The minimum Gasteiger partial charge on any atom is -0.325 e. The van der Waals surface area contributed by atoms with Gasteiger partial charge in [0.15, 0.2) is 0 Å². The molecule has 1 aliphatic rings. The first-order valence-corrected chi connectivity index (χ1v) is 8.53. The SMILES string of the molecule is N#CCNC(=O)N1CCN(C(c2ccccc2)c2ccccc2)CC1. The predicted octanol–water partition coefficient (Wildman–Crippen LogP) is 2.63. The van der Waals surface area contributed by atoms with E-state index in [9.17, 15) is 4.79 Å². The fraction of sp³-hybridized carbons (Fsp3) is 0.300. The summed E-state index contributed by atoms with van der Waals surface area (Å²) >= 11 is 0. The van der Waals surface area contributed by atoms with Crippen LogP contribution in [0.2, 0.25) is 0 Å². The fourth-order valence-corrected chi connectivity index (χ4v) is 3.29. The monoisotopic (exact) mass is 334 g/mol. The Balaban J connectivity index is 1.74. The second kappa shape index (κ2) is 8.32. The predicted molar refractivity (Wildman–Crippen MR) is 96.9 cm³/mol. The van der Waals surface area contributed by atoms with Crippen molar-refractivity contribution in [3.63, 3.8) is 0 Å². The molecule has 128 valence electrons. The molecule has 0 spiro atoms. The molecule has 0 radical (unpaired) electrons. The second-order valence-corrected chi connectivity index (χ2v) is 6.06. The first-order valence-electron chi connectivity index (χ1n) is 8.53. The maximum Gasteiger partial charge on any atom is 0.318 e. The van der Waals surface area contributed by atoms with Crippen molar-refractivity contribution in [2.45, 2.75) is 6.04 Å². The van der Waals surface area contributed by atoms with Gasteiger partial charge in [0.05, 0.1) is 12.1 Å². The molecular formula is C20H22N4O. The number of urea groups is 1. The maximum absolute atomic E-state index is 12.0. The Kier molecular flexibility index (Phi) is 5.65. The zero-order chi connectivity index (χ0) is 17.5. The van der Waals surface area contributed by atoms with Gasteiger partial charge >= 0.3 is 6.03 Å². The number of benzene rings is 2. The first kappa shape index (κ1) is 17.0. The number of rotatable bonds is 4. The van der Waals surface area contributed by atoms with Gasteiger partial charge in [-0.2, -0.15) is 5.26 Å². The molecule has 5 nitrogen and oxygen atoms in total. The number of nitrogens with one attached hydrogen (secondary N) is 1. The van der Waals surface area contributed by atoms with Crippen LogP contribution in [0.5, 0.6) is 0 Å². The van der Waals surface area contributed by atoms with Crippen LogP contribution in [-0.2, 0) is 0 Å². The molecule has 5 heteroatoms. The van der Waals surface area contributed by atoms with Crippen LogP contribution in [-0.4, -0.2) is 48.6 Å². The van der Waals surface area contributed by atoms with Gasteiger partial charge in [0, 0.05) is 26.2 Å². The number of amides is 2. The van der Waals surface area contributed by atoms with Gasteiger partial charge < -0.3 is 10.2 Å². The van der Waals surface area contributed by atoms with Crippen LogP contribution >= 0.6 is 0 Å². The minimum atomic E-state index is -0.155. The number of hydrogen-bond acceptors (Lipinski definition) is 3. The molecule has 0 aromatic heterocycles. The Morgan fingerprint density at radius 1 is 0.960 bits per heavy atom. The van der Waals surface area contributed by atoms with E-state index in [0.29, 0.717) is 13.1 Å². The van der Waals surface area contributed by atoms with Crippen molar-refractivity contribution in [1.29, 1.82) is 5.26 Å². The molecule has 1 heterocycles. The van der Waals surface area contributed by atoms with E-state index in [2.05, 4.69) is 58.7 Å². The van der Waals surface area contributed by atoms with Crippen molar-refractivity contribution in [2.75, 3.05) is 32.7 Å². The van der Waals surface area contributed by atoms with Gasteiger partial charge in [-0.15, -0.1) is 0 Å². The molecule has 25 heavy (non-hydrogen) atoms. The lowest BCUT2D eigenvalue weighted by molar-refractivity contribution is 0.121. The van der Waals surface area contributed by atoms with E-state index >= 15 is 0 Å². The molecule has 1 saturated heterocycles. The van der Waals surface area contributed by atoms with Gasteiger partial charge in [0.25, 0.3) is 0 Å². The number of hydrogen-bond donors (Lipinski definition) is 1. The summed E-state index contributed by atoms with van der Waals surface area (Å²) in [6.45, 7) is 2.97. The quantitative estimate of drug-likeness (QED) is 0.875. The number of carbonyl (C=O) groups is 1. The third-order valence-electron chi connectivity index (χ3n) is 4.52. The molecule has 2 aromatic rings. The lowest BCUT2D eigenvalue weighted by Gasteiger charge is -2.39. The van der Waals surface area contributed by atoms with Crippen LogP contribution in [0.3, 0.4) is 0 Å². The van der Waals surface area contributed by atoms with Crippen LogP contribution in [0.1, 0.15) is 17.2 Å². The molecule has 0 saturated carbocycles. The Morgan fingerprint density at radius 3 is 1.96 bits per heavy atom. The highest BCUT2D eigenvalue weighted by Gasteiger charge is 2.27. The first-order chi connectivity index (χ1) is 12.3. The lowest BCUT2D eigenvalue weighted by Crippen LogP contribution is -2.52. The highest BCUT2D eigenvalue weighted by Crippen LogP contribution is 2.29. The van der Waals surface area contributed by atoms with Crippen LogP contribution in [0, 0.1) is 11.3 Å². The zero-order valence-electron chi connectivity index (χ0n) is 14.1. The highest BCUT2D eigenvalue weighted by atomic mass is 16.2. The smallest absolute Gasteiger partial charge is 0.318 e. The van der Waals surface area contributed by atoms with Gasteiger partial charge in [0.2, 0.25) is 0 Å². The van der Waals surface area contributed by atoms with Gasteiger partial charge in [0.1, 0.15) is 6.54 Å². The molecule has 0 bridgehead atoms. The van der Waals surface area contributed by atoms with E-state index in [4.69, 9.17) is 5.26 Å². The van der Waals surface area contributed by atoms with Gasteiger partial charge in [-0.1, -0.05) is 60.7 Å². The van der Waals surface area contributed by atoms with Crippen LogP contribution in [0.4, 0.5) is 4.79 Å². The number of nitrogens with zero attached hydrogens (tertiary/aromatic N) is 3. The standard InChI is InChI=1S/C20H22N4O/c21-11-12-22-20(25)24-15-13-23(14-16-24)19(17-7-3-1-4-8-17)18-9-5-2-6-10-18/h1-10,19H,12-16H2,(H,22,25). The Bertz CT molecular complexity index is 679. The second-order valence-electron chi connectivity index (χ2n) is 6.06. The summed E-state index contributed by atoms with van der Waals surface area (Å²) in [4.78, 5) is 16.2. The van der Waals surface area contributed by atoms with Gasteiger partial charge in [-0.3, -0.25) is 4.90 Å². The average molecular weight is 334 g/mol. The maximum atomic E-state index is 12.0. The minimum absolute atomic E-state index is 0.0513. The third kappa shape index (κ3) is 4.17. The average Bonchev–Trinajstić information content (AvgIpc) is 2.68. The molecule has 2 amide bonds. The Labute approximate surface area is 148 Å². The summed E-state index contributed by atoms with van der Waals surface area (Å²) in [6.07, 6.45) is 0. The molecule has 1 N–H and O–H groups in total. The molecule has 2 aromatic carbocycles. The normalized spacial score (nSPS) is 15.0. The summed E-state index contributed by atoms with van der Waals surface area (Å²) in [7, 11) is 0. The molecular weight excluding hydrogens is 312 g/mol. The van der Waals surface area contributed by atoms with Crippen molar-refractivity contribution < 1.29 is 4.79 Å². The van der Waals surface area contributed by atoms with E-state index in [1.54, 1.807) is 4.90 Å². The van der Waals surface area contributed by atoms with Crippen LogP contribution in [0.25, 0.3) is 0 Å². The largest absolute Gasteiger partial charge is 0.325 e. The summed E-state index contributed by atoms with van der Waals surface area (Å²) in [6, 6.07) is 22.9. The van der Waals surface area contributed by atoms with Crippen molar-refractivity contribution in [2.24, 2.45) is 0 Å². The summed E-state index contributed by atoms with van der Waals surface area (Å²) in [5.41, 5.74) is 2.52. The van der Waals surface area contributed by atoms with Crippen molar-refractivity contribution in [3.05, 3.63) is 71.8 Å². The van der Waals surface area contributed by atoms with Crippen molar-refractivity contribution in [3.8, 4) is 6.07 Å². The molecule has 0 atom stereocenters. The van der Waals surface area contributed by atoms with Crippen LogP contribution in [0.15, 0.2) is 60.7 Å². The Hall–Kier alpha value is -2.84. The zero-order valence-corrected chi connectivity index (χ0v) is 14.1. The highest BCUT2D eigenvalue weighted by molar-refractivity contribution is 5.74. The topological polar surface area (TPSA) is 59.4 Å². The summed E-state index contributed by atoms with van der Waals surface area (Å²) < 4.78 is 0. The third-order valence-corrected chi connectivity index (χ3v) is 4.52. The van der Waals surface area contributed by atoms with E-state index in [1.165, 1.54) is 11.1 Å². The Morgan fingerprint density at radius 2 is 1.48 bits per heavy atom. The fourth-order valence-electron chi connectivity index (χ4n) is 3.29. The van der Waals surface area contributed by atoms with Crippen molar-refractivity contribution in [1.82, 2.24) is 15.1 Å². The molecule has 3 rings (SSSR count).